The molecule has 0 saturated carbocycles. The van der Waals surface area contributed by atoms with Crippen LogP contribution in [0.1, 0.15) is 12.0 Å². The van der Waals surface area contributed by atoms with Crippen LogP contribution >= 0.6 is 0 Å². The summed E-state index contributed by atoms with van der Waals surface area (Å²) in [6.07, 6.45) is 4.12. The first kappa shape index (κ1) is 14.0. The van der Waals surface area contributed by atoms with Crippen LogP contribution in [0.2, 0.25) is 0 Å². The van der Waals surface area contributed by atoms with Crippen molar-refractivity contribution < 1.29 is 19.2 Å². The topological polar surface area (TPSA) is 60.8 Å². The summed E-state index contributed by atoms with van der Waals surface area (Å²) in [5.41, 5.74) is 1.61. The zero-order valence-electron chi connectivity index (χ0n) is 12.5. The lowest BCUT2D eigenvalue weighted by atomic mass is 10.1. The molecule has 1 fully saturated rings. The number of carbonyl (C=O) groups is 2. The quantitative estimate of drug-likeness (QED) is 0.800. The lowest BCUT2D eigenvalue weighted by Crippen LogP contribution is -2.38. The van der Waals surface area contributed by atoms with E-state index in [9.17, 15) is 9.59 Å². The Balaban J connectivity index is 1.80. The lowest BCUT2D eigenvalue weighted by Gasteiger charge is -2.30. The Hall–Kier alpha value is -2.60. The molecule has 0 unspecified atom stereocenters. The third-order valence-electron chi connectivity index (χ3n) is 4.25. The van der Waals surface area contributed by atoms with Gasteiger partial charge in [-0.3, -0.25) is 0 Å². The fraction of sp³-hybridized carbons (Fsp3) is 0.294. The van der Waals surface area contributed by atoms with Gasteiger partial charge < -0.3 is 14.5 Å². The molecule has 2 aromatic rings. The van der Waals surface area contributed by atoms with Crippen molar-refractivity contribution in [2.45, 2.75) is 12.8 Å². The highest BCUT2D eigenvalue weighted by Gasteiger charge is 2.25. The molecule has 0 amide bonds. The van der Waals surface area contributed by atoms with Crippen molar-refractivity contribution in [3.05, 3.63) is 42.0 Å². The van der Waals surface area contributed by atoms with Crippen LogP contribution in [-0.2, 0) is 16.0 Å². The maximum atomic E-state index is 11.8. The monoisotopic (exact) mass is 312 g/mol. The molecule has 0 atom stereocenters. The van der Waals surface area contributed by atoms with E-state index >= 15 is 0 Å². The number of para-hydroxylation sites is 1. The zero-order valence-corrected chi connectivity index (χ0v) is 12.5. The van der Waals surface area contributed by atoms with Crippen molar-refractivity contribution in [3.63, 3.8) is 0 Å². The smallest absolute Gasteiger partial charge is 0.356 e. The molecular weight excluding hydrogens is 296 g/mol. The van der Waals surface area contributed by atoms with E-state index in [0.717, 1.165) is 54.7 Å². The van der Waals surface area contributed by atoms with Crippen molar-refractivity contribution in [2.24, 2.45) is 0 Å². The maximum Gasteiger partial charge on any atom is 0.356 e. The predicted octanol–water partition coefficient (Wildman–Crippen LogP) is 1.32. The van der Waals surface area contributed by atoms with Crippen molar-refractivity contribution >= 4 is 22.8 Å². The number of carbonyl (C=O) groups excluding carboxylic acids is 2. The Morgan fingerprint density at radius 3 is 2.61 bits per heavy atom. The Labute approximate surface area is 132 Å². The summed E-state index contributed by atoms with van der Waals surface area (Å²) < 4.78 is 6.75. The molecule has 0 N–H and O–H groups in total. The summed E-state index contributed by atoms with van der Waals surface area (Å²) in [6.45, 7) is 3.10. The number of esters is 1. The van der Waals surface area contributed by atoms with Gasteiger partial charge in [0.15, 0.2) is 0 Å². The van der Waals surface area contributed by atoms with Gasteiger partial charge in [0, 0.05) is 29.6 Å². The van der Waals surface area contributed by atoms with Crippen LogP contribution in [0.4, 0.5) is 0 Å². The summed E-state index contributed by atoms with van der Waals surface area (Å²) in [7, 11) is 0. The molecule has 3 heterocycles. The highest BCUT2D eigenvalue weighted by atomic mass is 16.7. The summed E-state index contributed by atoms with van der Waals surface area (Å²) in [5, 5.41) is 0.936. The first-order valence-electron chi connectivity index (χ1n) is 7.69. The minimum Gasteiger partial charge on any atom is -0.403 e. The number of ether oxygens (including phenoxy) is 1. The average molecular weight is 312 g/mol. The van der Waals surface area contributed by atoms with Gasteiger partial charge in [-0.05, 0) is 32.0 Å². The largest absolute Gasteiger partial charge is 0.403 e. The molecule has 1 aromatic heterocycles. The number of fused-ring (bicyclic) bond motifs is 3. The number of rotatable bonds is 3. The van der Waals surface area contributed by atoms with Crippen LogP contribution in [0, 0.1) is 0 Å². The molecule has 1 saturated heterocycles. The van der Waals surface area contributed by atoms with Crippen LogP contribution in [-0.4, -0.2) is 41.2 Å². The fourth-order valence-corrected chi connectivity index (χ4v) is 2.95. The van der Waals surface area contributed by atoms with Gasteiger partial charge in [-0.2, -0.15) is 0 Å². The van der Waals surface area contributed by atoms with Gasteiger partial charge in [0.1, 0.15) is 0 Å². The van der Waals surface area contributed by atoms with Crippen LogP contribution in [0.25, 0.3) is 10.9 Å². The Bertz CT molecular complexity index is 817. The van der Waals surface area contributed by atoms with E-state index in [1.54, 1.807) is 0 Å². The van der Waals surface area contributed by atoms with Gasteiger partial charge in [0.2, 0.25) is 5.88 Å². The summed E-state index contributed by atoms with van der Waals surface area (Å²) >= 11 is 0. The summed E-state index contributed by atoms with van der Waals surface area (Å²) in [5.74, 6) is -0.872. The normalized spacial score (nSPS) is 19.3. The molecular formula is C17H16N2O4. The molecule has 0 bridgehead atoms. The van der Waals surface area contributed by atoms with Gasteiger partial charge in [-0.1, -0.05) is 18.2 Å². The highest BCUT2D eigenvalue weighted by molar-refractivity contribution is 5.96. The number of benzene rings is 1. The molecule has 23 heavy (non-hydrogen) atoms. The Kier molecular flexibility index (Phi) is 3.38. The van der Waals surface area contributed by atoms with E-state index in [4.69, 9.17) is 9.57 Å². The molecule has 0 radical (unpaired) electrons. The predicted molar refractivity (Wildman–Crippen MR) is 83.1 cm³/mol. The van der Waals surface area contributed by atoms with E-state index in [1.165, 1.54) is 11.2 Å². The first-order chi connectivity index (χ1) is 11.2. The lowest BCUT2D eigenvalue weighted by molar-refractivity contribution is -0.142. The number of nitrogens with zero attached hydrogens (tertiary/aromatic N) is 2. The third kappa shape index (κ3) is 2.51. The van der Waals surface area contributed by atoms with E-state index in [-0.39, 0.29) is 0 Å². The van der Waals surface area contributed by atoms with Gasteiger partial charge in [0.05, 0.1) is 5.52 Å². The minimum absolute atomic E-state index is 0.300. The second-order valence-corrected chi connectivity index (χ2v) is 5.71. The van der Waals surface area contributed by atoms with E-state index < -0.39 is 11.9 Å². The van der Waals surface area contributed by atoms with Gasteiger partial charge in [0.25, 0.3) is 0 Å². The molecule has 4 rings (SSSR count). The number of aromatic nitrogens is 1. The van der Waals surface area contributed by atoms with Crippen molar-refractivity contribution in [1.29, 1.82) is 0 Å². The number of likely N-dealkylation sites (tertiary alicyclic amines) is 1. The summed E-state index contributed by atoms with van der Waals surface area (Å²) in [4.78, 5) is 31.3. The molecule has 2 aliphatic rings. The number of hydrogen-bond donors (Lipinski definition) is 0. The van der Waals surface area contributed by atoms with Crippen molar-refractivity contribution in [3.8, 4) is 5.88 Å². The molecule has 6 nitrogen and oxygen atoms in total. The number of hydrogen-bond acceptors (Lipinski definition) is 5. The van der Waals surface area contributed by atoms with Gasteiger partial charge in [-0.15, -0.1) is 4.73 Å². The van der Waals surface area contributed by atoms with E-state index in [1.807, 2.05) is 24.3 Å². The van der Waals surface area contributed by atoms with Crippen LogP contribution < -0.4 is 9.57 Å². The van der Waals surface area contributed by atoms with Crippen molar-refractivity contribution in [2.75, 3.05) is 19.6 Å². The van der Waals surface area contributed by atoms with Crippen LogP contribution in [0.5, 0.6) is 5.88 Å². The SMILES string of the molecule is O=C1/C=C/C(=O)On2c(c(CCN3CCC3)c3ccccc32)O1. The second kappa shape index (κ2) is 5.55. The standard InChI is InChI=1S/C17H16N2O4/c20-15-6-7-16(21)23-19-14-5-2-1-4-12(14)13(17(19)22-15)8-11-18-9-3-10-18/h1-2,4-7H,3,8-11H2/b7-6+. The molecule has 6 heteroatoms. The average Bonchev–Trinajstić information content (AvgIpc) is 2.76. The molecule has 0 spiro atoms. The zero-order chi connectivity index (χ0) is 15.8. The molecule has 2 aliphatic heterocycles. The van der Waals surface area contributed by atoms with E-state index in [0.29, 0.717) is 5.88 Å². The van der Waals surface area contributed by atoms with Gasteiger partial charge >= 0.3 is 11.9 Å². The Morgan fingerprint density at radius 1 is 1.04 bits per heavy atom. The second-order valence-electron chi connectivity index (χ2n) is 5.71. The highest BCUT2D eigenvalue weighted by Crippen LogP contribution is 2.33. The first-order valence-corrected chi connectivity index (χ1v) is 7.69. The van der Waals surface area contributed by atoms with Gasteiger partial charge in [-0.25, -0.2) is 9.59 Å². The Morgan fingerprint density at radius 2 is 1.83 bits per heavy atom. The maximum absolute atomic E-state index is 11.8. The van der Waals surface area contributed by atoms with Crippen LogP contribution in [0.3, 0.4) is 0 Å². The van der Waals surface area contributed by atoms with E-state index in [2.05, 4.69) is 4.90 Å². The molecule has 1 aromatic carbocycles. The fourth-order valence-electron chi connectivity index (χ4n) is 2.95. The molecule has 118 valence electrons. The molecule has 0 aliphatic carbocycles. The van der Waals surface area contributed by atoms with Crippen molar-refractivity contribution in [1.82, 2.24) is 9.63 Å². The van der Waals surface area contributed by atoms with Crippen LogP contribution in [0.15, 0.2) is 36.4 Å². The third-order valence-corrected chi connectivity index (χ3v) is 4.25. The minimum atomic E-state index is -0.599. The summed E-state index contributed by atoms with van der Waals surface area (Å²) in [6, 6.07) is 7.58.